The minimum atomic E-state index is -3.67. The van der Waals surface area contributed by atoms with Gasteiger partial charge in [-0.25, -0.2) is 13.2 Å². The second-order valence-electron chi connectivity index (χ2n) is 4.18. The molecule has 7 heteroatoms. The Morgan fingerprint density at radius 2 is 1.89 bits per heavy atom. The van der Waals surface area contributed by atoms with Gasteiger partial charge in [0.1, 0.15) is 0 Å². The van der Waals surface area contributed by atoms with Crippen LogP contribution in [0.25, 0.3) is 0 Å². The number of hydrogen-bond acceptors (Lipinski definition) is 3. The number of nitrogens with zero attached hydrogens (tertiary/aromatic N) is 1. The molecule has 0 saturated heterocycles. The van der Waals surface area contributed by atoms with Crippen LogP contribution in [0.3, 0.4) is 0 Å². The maximum absolute atomic E-state index is 12.5. The molecule has 0 fully saturated rings. The Morgan fingerprint density at radius 1 is 1.32 bits per heavy atom. The quantitative estimate of drug-likeness (QED) is 0.850. The van der Waals surface area contributed by atoms with Gasteiger partial charge in [0.05, 0.1) is 10.5 Å². The van der Waals surface area contributed by atoms with E-state index in [2.05, 4.69) is 15.9 Å². The van der Waals surface area contributed by atoms with Crippen LogP contribution in [0.5, 0.6) is 0 Å². The van der Waals surface area contributed by atoms with E-state index in [0.29, 0.717) is 23.1 Å². The summed E-state index contributed by atoms with van der Waals surface area (Å²) < 4.78 is 26.7. The zero-order valence-corrected chi connectivity index (χ0v) is 12.5. The summed E-state index contributed by atoms with van der Waals surface area (Å²) in [5.41, 5.74) is 0.458. The fraction of sp³-hybridized carbons (Fsp3) is 0.250. The maximum Gasteiger partial charge on any atom is 0.335 e. The van der Waals surface area contributed by atoms with Crippen LogP contribution < -0.4 is 0 Å². The molecule has 0 bridgehead atoms. The average Bonchev–Trinajstić information content (AvgIpc) is 2.86. The normalized spacial score (nSPS) is 15.9. The molecule has 1 aromatic rings. The van der Waals surface area contributed by atoms with Gasteiger partial charge in [0.25, 0.3) is 0 Å². The number of benzene rings is 1. The van der Waals surface area contributed by atoms with E-state index in [-0.39, 0.29) is 10.5 Å². The van der Waals surface area contributed by atoms with Gasteiger partial charge >= 0.3 is 5.97 Å². The van der Waals surface area contributed by atoms with Crippen LogP contribution in [-0.2, 0) is 10.0 Å². The highest BCUT2D eigenvalue weighted by Crippen LogP contribution is 2.28. The molecule has 1 heterocycles. The predicted molar refractivity (Wildman–Crippen MR) is 73.7 cm³/mol. The molecule has 0 saturated carbocycles. The lowest BCUT2D eigenvalue weighted by Crippen LogP contribution is -2.29. The molecule has 0 aromatic heterocycles. The van der Waals surface area contributed by atoms with Gasteiger partial charge in [-0.15, -0.1) is 0 Å². The Kier molecular flexibility index (Phi) is 3.80. The third kappa shape index (κ3) is 2.58. The highest BCUT2D eigenvalue weighted by Gasteiger charge is 2.28. The molecule has 0 atom stereocenters. The van der Waals surface area contributed by atoms with Crippen molar-refractivity contribution in [1.29, 1.82) is 0 Å². The number of carboxylic acids is 1. The number of hydrogen-bond donors (Lipinski definition) is 1. The summed E-state index contributed by atoms with van der Waals surface area (Å²) in [7, 11) is -3.67. The lowest BCUT2D eigenvalue weighted by atomic mass is 10.1. The largest absolute Gasteiger partial charge is 0.478 e. The summed E-state index contributed by atoms with van der Waals surface area (Å²) in [6.45, 7) is 2.28. The molecule has 1 aliphatic heterocycles. The molecule has 2 rings (SSSR count). The minimum absolute atomic E-state index is 0.0305. The fourth-order valence-electron chi connectivity index (χ4n) is 1.84. The molecule has 0 aliphatic carbocycles. The topological polar surface area (TPSA) is 74.7 Å². The van der Waals surface area contributed by atoms with E-state index in [1.54, 1.807) is 19.1 Å². The van der Waals surface area contributed by atoms with Crippen LogP contribution in [0, 0.1) is 6.92 Å². The first-order chi connectivity index (χ1) is 8.84. The zero-order chi connectivity index (χ0) is 14.2. The Hall–Kier alpha value is -1.18. The van der Waals surface area contributed by atoms with E-state index in [4.69, 9.17) is 5.11 Å². The molecule has 0 radical (unpaired) electrons. The van der Waals surface area contributed by atoms with Crippen molar-refractivity contribution in [3.63, 3.8) is 0 Å². The lowest BCUT2D eigenvalue weighted by molar-refractivity contribution is 0.0696. The van der Waals surface area contributed by atoms with Crippen molar-refractivity contribution in [2.45, 2.75) is 11.8 Å². The van der Waals surface area contributed by atoms with E-state index in [0.717, 1.165) is 0 Å². The molecule has 1 N–H and O–H groups in total. The van der Waals surface area contributed by atoms with Gasteiger partial charge in [-0.05, 0) is 24.6 Å². The van der Waals surface area contributed by atoms with E-state index < -0.39 is 16.0 Å². The summed E-state index contributed by atoms with van der Waals surface area (Å²) in [4.78, 5) is 11.1. The van der Waals surface area contributed by atoms with E-state index >= 15 is 0 Å². The van der Waals surface area contributed by atoms with Crippen LogP contribution in [-0.4, -0.2) is 36.9 Å². The third-order valence-electron chi connectivity index (χ3n) is 2.95. The van der Waals surface area contributed by atoms with Crippen LogP contribution >= 0.6 is 15.9 Å². The standard InChI is InChI=1S/C12H12BrNO4S/c1-8-10(13)6-9(12(15)16)7-11(8)19(17,18)14-4-2-3-5-14/h2-3,6-7H,4-5H2,1H3,(H,15,16). The van der Waals surface area contributed by atoms with Gasteiger partial charge in [0.15, 0.2) is 0 Å². The summed E-state index contributed by atoms with van der Waals surface area (Å²) in [6, 6.07) is 2.61. The minimum Gasteiger partial charge on any atom is -0.478 e. The zero-order valence-electron chi connectivity index (χ0n) is 10.1. The first-order valence-corrected chi connectivity index (χ1v) is 7.76. The van der Waals surface area contributed by atoms with Crippen molar-refractivity contribution < 1.29 is 18.3 Å². The molecule has 0 unspecified atom stereocenters. The first-order valence-electron chi connectivity index (χ1n) is 5.52. The van der Waals surface area contributed by atoms with Crippen molar-refractivity contribution in [3.8, 4) is 0 Å². The molecule has 1 aromatic carbocycles. The SMILES string of the molecule is Cc1c(Br)cc(C(=O)O)cc1S(=O)(=O)N1CC=CC1. The number of carboxylic acid groups (broad SMARTS) is 1. The second kappa shape index (κ2) is 5.07. The van der Waals surface area contributed by atoms with Crippen LogP contribution in [0.1, 0.15) is 15.9 Å². The predicted octanol–water partition coefficient (Wildman–Crippen LogP) is 2.02. The monoisotopic (exact) mass is 345 g/mol. The number of carbonyl (C=O) groups is 1. The van der Waals surface area contributed by atoms with E-state index in [9.17, 15) is 13.2 Å². The number of halogens is 1. The third-order valence-corrected chi connectivity index (χ3v) is 5.73. The van der Waals surface area contributed by atoms with Crippen molar-refractivity contribution in [3.05, 3.63) is 39.9 Å². The Morgan fingerprint density at radius 3 is 2.42 bits per heavy atom. The van der Waals surface area contributed by atoms with Crippen molar-refractivity contribution in [1.82, 2.24) is 4.31 Å². The molecule has 5 nitrogen and oxygen atoms in total. The Bertz CT molecular complexity index is 659. The number of sulfonamides is 1. The highest BCUT2D eigenvalue weighted by atomic mass is 79.9. The molecule has 0 amide bonds. The average molecular weight is 346 g/mol. The lowest BCUT2D eigenvalue weighted by Gasteiger charge is -2.18. The molecule has 1 aliphatic rings. The Labute approximate surface area is 119 Å². The van der Waals surface area contributed by atoms with Gasteiger partial charge in [0.2, 0.25) is 10.0 Å². The molecule has 0 spiro atoms. The second-order valence-corrected chi connectivity index (χ2v) is 6.94. The van der Waals surface area contributed by atoms with E-state index in [1.165, 1.54) is 16.4 Å². The molecular weight excluding hydrogens is 334 g/mol. The van der Waals surface area contributed by atoms with Crippen molar-refractivity contribution >= 4 is 31.9 Å². The Balaban J connectivity index is 2.58. The van der Waals surface area contributed by atoms with Crippen molar-refractivity contribution in [2.75, 3.05) is 13.1 Å². The van der Waals surface area contributed by atoms with E-state index in [1.807, 2.05) is 0 Å². The van der Waals surface area contributed by atoms with Crippen LogP contribution in [0.2, 0.25) is 0 Å². The van der Waals surface area contributed by atoms with Gasteiger partial charge in [-0.1, -0.05) is 28.1 Å². The number of rotatable bonds is 3. The summed E-state index contributed by atoms with van der Waals surface area (Å²) in [5.74, 6) is -1.16. The smallest absolute Gasteiger partial charge is 0.335 e. The van der Waals surface area contributed by atoms with Gasteiger partial charge in [0, 0.05) is 17.6 Å². The number of aromatic carboxylic acids is 1. The first kappa shape index (κ1) is 14.2. The van der Waals surface area contributed by atoms with Crippen molar-refractivity contribution in [2.24, 2.45) is 0 Å². The highest BCUT2D eigenvalue weighted by molar-refractivity contribution is 9.10. The van der Waals surface area contributed by atoms with Gasteiger partial charge in [-0.3, -0.25) is 0 Å². The molecular formula is C12H12BrNO4S. The summed E-state index contributed by atoms with van der Waals surface area (Å²) >= 11 is 3.20. The summed E-state index contributed by atoms with van der Waals surface area (Å²) in [5, 5.41) is 9.01. The fourth-order valence-corrected chi connectivity index (χ4v) is 4.05. The summed E-state index contributed by atoms with van der Waals surface area (Å²) in [6.07, 6.45) is 3.53. The van der Waals surface area contributed by atoms with Crippen LogP contribution in [0.4, 0.5) is 0 Å². The molecule has 19 heavy (non-hydrogen) atoms. The molecule has 102 valence electrons. The maximum atomic E-state index is 12.5. The van der Waals surface area contributed by atoms with Gasteiger partial charge in [-0.2, -0.15) is 4.31 Å². The van der Waals surface area contributed by atoms with Gasteiger partial charge < -0.3 is 5.11 Å². The van der Waals surface area contributed by atoms with Crippen LogP contribution in [0.15, 0.2) is 33.7 Å².